The summed E-state index contributed by atoms with van der Waals surface area (Å²) in [5, 5.41) is 1.14. The molecule has 0 spiro atoms. The Morgan fingerprint density at radius 3 is 2.48 bits per heavy atom. The standard InChI is InChI=1S/C18H24FN5S/c1-4-15-17(19)18(21-10-20-15)24-7-13-5-23(6-14(13)8-24)9-16-11(2)22-12(3)25-16/h10,13-14H,4-9H2,1-3H3. The second-order valence-electron chi connectivity index (χ2n) is 7.17. The maximum absolute atomic E-state index is 14.5. The van der Waals surface area contributed by atoms with Gasteiger partial charge in [0, 0.05) is 37.6 Å². The fourth-order valence-electron chi connectivity index (χ4n) is 4.18. The van der Waals surface area contributed by atoms with Gasteiger partial charge in [-0.25, -0.2) is 19.3 Å². The van der Waals surface area contributed by atoms with Gasteiger partial charge in [0.1, 0.15) is 6.33 Å². The molecule has 25 heavy (non-hydrogen) atoms. The first-order chi connectivity index (χ1) is 12.0. The Hall–Kier alpha value is -1.60. The smallest absolute Gasteiger partial charge is 0.187 e. The van der Waals surface area contributed by atoms with Crippen molar-refractivity contribution >= 4 is 17.2 Å². The van der Waals surface area contributed by atoms with Crippen molar-refractivity contribution < 1.29 is 4.39 Å². The van der Waals surface area contributed by atoms with Gasteiger partial charge in [-0.3, -0.25) is 4.90 Å². The average Bonchev–Trinajstić information content (AvgIpc) is 3.21. The van der Waals surface area contributed by atoms with E-state index < -0.39 is 0 Å². The maximum Gasteiger partial charge on any atom is 0.187 e. The summed E-state index contributed by atoms with van der Waals surface area (Å²) in [5.74, 6) is 1.43. The highest BCUT2D eigenvalue weighted by molar-refractivity contribution is 7.11. The first-order valence-corrected chi connectivity index (χ1v) is 9.76. The Morgan fingerprint density at radius 1 is 1.16 bits per heavy atom. The molecular formula is C18H24FN5S. The van der Waals surface area contributed by atoms with E-state index in [9.17, 15) is 4.39 Å². The first-order valence-electron chi connectivity index (χ1n) is 8.94. The molecule has 134 valence electrons. The van der Waals surface area contributed by atoms with Gasteiger partial charge >= 0.3 is 0 Å². The topological polar surface area (TPSA) is 45.2 Å². The molecule has 2 aromatic rings. The van der Waals surface area contributed by atoms with Gasteiger partial charge in [-0.15, -0.1) is 11.3 Å². The molecule has 0 aliphatic carbocycles. The van der Waals surface area contributed by atoms with Crippen molar-refractivity contribution in [2.45, 2.75) is 33.7 Å². The van der Waals surface area contributed by atoms with Crippen LogP contribution in [0.4, 0.5) is 10.2 Å². The molecule has 2 aliphatic heterocycles. The number of aromatic nitrogens is 3. The van der Waals surface area contributed by atoms with Crippen molar-refractivity contribution in [1.29, 1.82) is 0 Å². The Kier molecular flexibility index (Phi) is 4.45. The fraction of sp³-hybridized carbons (Fsp3) is 0.611. The number of aryl methyl sites for hydroxylation is 3. The summed E-state index contributed by atoms with van der Waals surface area (Å²) in [6, 6.07) is 0. The number of rotatable bonds is 4. The molecule has 2 saturated heterocycles. The lowest BCUT2D eigenvalue weighted by molar-refractivity contribution is 0.310. The van der Waals surface area contributed by atoms with Crippen LogP contribution in [-0.2, 0) is 13.0 Å². The Morgan fingerprint density at radius 2 is 1.88 bits per heavy atom. The number of hydrogen-bond acceptors (Lipinski definition) is 6. The predicted octanol–water partition coefficient (Wildman–Crippen LogP) is 2.82. The highest BCUT2D eigenvalue weighted by atomic mass is 32.1. The van der Waals surface area contributed by atoms with Gasteiger partial charge in [0.05, 0.1) is 16.4 Å². The Labute approximate surface area is 151 Å². The first kappa shape index (κ1) is 16.8. The van der Waals surface area contributed by atoms with Gasteiger partial charge in [0.2, 0.25) is 0 Å². The number of hydrogen-bond donors (Lipinski definition) is 0. The van der Waals surface area contributed by atoms with Crippen LogP contribution >= 0.6 is 11.3 Å². The van der Waals surface area contributed by atoms with Gasteiger partial charge in [0.15, 0.2) is 11.6 Å². The van der Waals surface area contributed by atoms with Gasteiger partial charge in [0.25, 0.3) is 0 Å². The summed E-state index contributed by atoms with van der Waals surface area (Å²) in [4.78, 5) is 18.8. The van der Waals surface area contributed by atoms with E-state index in [1.54, 1.807) is 11.3 Å². The summed E-state index contributed by atoms with van der Waals surface area (Å²) in [5.41, 5.74) is 1.68. The second-order valence-corrected chi connectivity index (χ2v) is 8.46. The summed E-state index contributed by atoms with van der Waals surface area (Å²) in [7, 11) is 0. The number of fused-ring (bicyclic) bond motifs is 1. The summed E-state index contributed by atoms with van der Waals surface area (Å²) >= 11 is 1.80. The van der Waals surface area contributed by atoms with Crippen LogP contribution in [0.3, 0.4) is 0 Å². The van der Waals surface area contributed by atoms with Gasteiger partial charge in [-0.05, 0) is 32.1 Å². The number of nitrogens with zero attached hydrogens (tertiary/aromatic N) is 5. The molecule has 0 N–H and O–H groups in total. The zero-order valence-corrected chi connectivity index (χ0v) is 15.8. The van der Waals surface area contributed by atoms with E-state index in [2.05, 4.69) is 38.6 Å². The average molecular weight is 361 g/mol. The van der Waals surface area contributed by atoms with E-state index in [-0.39, 0.29) is 5.82 Å². The zero-order chi connectivity index (χ0) is 17.6. The molecule has 0 amide bonds. The number of anilines is 1. The molecular weight excluding hydrogens is 337 g/mol. The number of halogens is 1. The molecule has 4 heterocycles. The molecule has 2 aromatic heterocycles. The van der Waals surface area contributed by atoms with Gasteiger partial charge in [-0.2, -0.15) is 0 Å². The van der Waals surface area contributed by atoms with Crippen LogP contribution in [0.5, 0.6) is 0 Å². The van der Waals surface area contributed by atoms with Crippen molar-refractivity contribution in [1.82, 2.24) is 19.9 Å². The molecule has 2 atom stereocenters. The lowest BCUT2D eigenvalue weighted by Crippen LogP contribution is -2.29. The van der Waals surface area contributed by atoms with Crippen LogP contribution in [0.15, 0.2) is 6.33 Å². The van der Waals surface area contributed by atoms with Gasteiger partial charge in [-0.1, -0.05) is 6.92 Å². The van der Waals surface area contributed by atoms with E-state index in [0.29, 0.717) is 29.8 Å². The fourth-order valence-corrected chi connectivity index (χ4v) is 5.16. The third-order valence-corrected chi connectivity index (χ3v) is 6.46. The molecule has 4 rings (SSSR count). The van der Waals surface area contributed by atoms with E-state index in [4.69, 9.17) is 0 Å². The predicted molar refractivity (Wildman–Crippen MR) is 97.4 cm³/mol. The molecule has 0 aromatic carbocycles. The SMILES string of the molecule is CCc1ncnc(N2CC3CN(Cc4sc(C)nc4C)CC3C2)c1F. The molecule has 2 fully saturated rings. The van der Waals surface area contributed by atoms with Crippen LogP contribution in [0.25, 0.3) is 0 Å². The molecule has 2 unspecified atom stereocenters. The monoisotopic (exact) mass is 361 g/mol. The van der Waals surface area contributed by atoms with Crippen molar-refractivity contribution in [3.63, 3.8) is 0 Å². The van der Waals surface area contributed by atoms with Crippen molar-refractivity contribution in [2.75, 3.05) is 31.1 Å². The highest BCUT2D eigenvalue weighted by Gasteiger charge is 2.41. The minimum absolute atomic E-state index is 0.238. The van der Waals surface area contributed by atoms with Crippen LogP contribution < -0.4 is 4.90 Å². The summed E-state index contributed by atoms with van der Waals surface area (Å²) < 4.78 is 14.5. The van der Waals surface area contributed by atoms with Crippen molar-refractivity contribution in [2.24, 2.45) is 11.8 Å². The quantitative estimate of drug-likeness (QED) is 0.838. The molecule has 0 radical (unpaired) electrons. The minimum atomic E-state index is -0.238. The molecule has 7 heteroatoms. The maximum atomic E-state index is 14.5. The molecule has 2 aliphatic rings. The van der Waals surface area contributed by atoms with Crippen LogP contribution in [0.2, 0.25) is 0 Å². The number of thiazole rings is 1. The summed E-state index contributed by atoms with van der Waals surface area (Å²) in [6.07, 6.45) is 2.09. The van der Waals surface area contributed by atoms with E-state index >= 15 is 0 Å². The molecule has 5 nitrogen and oxygen atoms in total. The lowest BCUT2D eigenvalue weighted by Gasteiger charge is -2.22. The minimum Gasteiger partial charge on any atom is -0.353 e. The van der Waals surface area contributed by atoms with Crippen LogP contribution in [0, 0.1) is 31.5 Å². The number of likely N-dealkylation sites (tertiary alicyclic amines) is 1. The van der Waals surface area contributed by atoms with Crippen molar-refractivity contribution in [3.05, 3.63) is 33.4 Å². The lowest BCUT2D eigenvalue weighted by atomic mass is 10.0. The highest BCUT2D eigenvalue weighted by Crippen LogP contribution is 2.35. The zero-order valence-electron chi connectivity index (χ0n) is 15.0. The Bertz CT molecular complexity index is 763. The molecule has 0 saturated carbocycles. The van der Waals surface area contributed by atoms with E-state index in [1.807, 2.05) is 6.92 Å². The van der Waals surface area contributed by atoms with Crippen molar-refractivity contribution in [3.8, 4) is 0 Å². The van der Waals surface area contributed by atoms with Crippen LogP contribution in [0.1, 0.15) is 28.2 Å². The molecule has 0 bridgehead atoms. The van der Waals surface area contributed by atoms with E-state index in [1.165, 1.54) is 11.2 Å². The third kappa shape index (κ3) is 3.15. The van der Waals surface area contributed by atoms with Gasteiger partial charge < -0.3 is 4.90 Å². The van der Waals surface area contributed by atoms with E-state index in [0.717, 1.165) is 43.4 Å². The Balaban J connectivity index is 1.42. The summed E-state index contributed by atoms with van der Waals surface area (Å²) in [6.45, 7) is 11.0. The normalized spacial score (nSPS) is 23.4. The second kappa shape index (κ2) is 6.61. The largest absolute Gasteiger partial charge is 0.353 e. The third-order valence-electron chi connectivity index (χ3n) is 5.41. The van der Waals surface area contributed by atoms with Crippen LogP contribution in [-0.4, -0.2) is 46.0 Å².